The Bertz CT molecular complexity index is 545. The Hall–Kier alpha value is -1.82. The fourth-order valence-electron chi connectivity index (χ4n) is 1.45. The summed E-state index contributed by atoms with van der Waals surface area (Å²) >= 11 is 5.93. The molecule has 1 N–H and O–H groups in total. The van der Waals surface area contributed by atoms with Crippen molar-refractivity contribution in [3.05, 3.63) is 29.2 Å². The molecular weight excluding hydrogens is 242 g/mol. The minimum absolute atomic E-state index is 0.293. The Morgan fingerprint density at radius 1 is 1.53 bits per heavy atom. The van der Waals surface area contributed by atoms with E-state index in [1.54, 1.807) is 24.0 Å². The Morgan fingerprint density at radius 2 is 2.29 bits per heavy atom. The lowest BCUT2D eigenvalue weighted by Gasteiger charge is -2.05. The molecule has 0 radical (unpaired) electrons. The molecule has 0 unspecified atom stereocenters. The fraction of sp³-hybridized carbons (Fsp3) is 0.300. The molecule has 0 saturated carbocycles. The molecule has 7 heteroatoms. The van der Waals surface area contributed by atoms with Gasteiger partial charge in [0, 0.05) is 19.7 Å². The van der Waals surface area contributed by atoms with Crippen molar-refractivity contribution >= 4 is 23.3 Å². The number of halogens is 1. The highest BCUT2D eigenvalue weighted by molar-refractivity contribution is 6.33. The van der Waals surface area contributed by atoms with Crippen molar-refractivity contribution in [2.45, 2.75) is 13.5 Å². The molecule has 0 aromatic carbocycles. The van der Waals surface area contributed by atoms with Crippen LogP contribution < -0.4 is 5.32 Å². The summed E-state index contributed by atoms with van der Waals surface area (Å²) in [5.74, 6) is 0.343. The first-order chi connectivity index (χ1) is 8.13. The molecule has 0 aliphatic rings. The largest absolute Gasteiger partial charge is 0.307 e. The van der Waals surface area contributed by atoms with Crippen LogP contribution in [0, 0.1) is 0 Å². The van der Waals surface area contributed by atoms with Gasteiger partial charge in [0.2, 0.25) is 0 Å². The van der Waals surface area contributed by atoms with Gasteiger partial charge in [0.1, 0.15) is 11.0 Å². The van der Waals surface area contributed by atoms with Gasteiger partial charge in [-0.05, 0) is 6.92 Å². The molecule has 2 aromatic heterocycles. The van der Waals surface area contributed by atoms with E-state index in [4.69, 9.17) is 11.6 Å². The van der Waals surface area contributed by atoms with Crippen molar-refractivity contribution in [3.63, 3.8) is 0 Å². The summed E-state index contributed by atoms with van der Waals surface area (Å²) in [6.45, 7) is 2.63. The minimum atomic E-state index is -0.293. The Balaban J connectivity index is 2.20. The molecule has 2 heterocycles. The second-order valence-electron chi connectivity index (χ2n) is 3.46. The van der Waals surface area contributed by atoms with Crippen LogP contribution in [0.1, 0.15) is 17.3 Å². The highest BCUT2D eigenvalue weighted by Crippen LogP contribution is 2.16. The number of nitrogens with one attached hydrogen (secondary N) is 1. The van der Waals surface area contributed by atoms with Crippen LogP contribution in [0.15, 0.2) is 18.5 Å². The highest BCUT2D eigenvalue weighted by atomic mass is 35.5. The predicted molar refractivity (Wildman–Crippen MR) is 64.1 cm³/mol. The zero-order valence-corrected chi connectivity index (χ0v) is 10.3. The summed E-state index contributed by atoms with van der Waals surface area (Å²) in [6, 6.07) is 1.73. The van der Waals surface area contributed by atoms with Crippen molar-refractivity contribution in [2.24, 2.45) is 7.05 Å². The number of hydrogen-bond acceptors (Lipinski definition) is 3. The van der Waals surface area contributed by atoms with E-state index in [1.807, 2.05) is 6.92 Å². The van der Waals surface area contributed by atoms with Gasteiger partial charge in [-0.15, -0.1) is 0 Å². The minimum Gasteiger partial charge on any atom is -0.307 e. The fourth-order valence-corrected chi connectivity index (χ4v) is 1.63. The van der Waals surface area contributed by atoms with Gasteiger partial charge in [-0.1, -0.05) is 11.6 Å². The molecule has 0 bridgehead atoms. The first-order valence-corrected chi connectivity index (χ1v) is 5.52. The van der Waals surface area contributed by atoms with E-state index in [0.29, 0.717) is 23.1 Å². The maximum atomic E-state index is 11.9. The summed E-state index contributed by atoms with van der Waals surface area (Å²) < 4.78 is 3.12. The third kappa shape index (κ3) is 2.16. The molecule has 0 aliphatic heterocycles. The number of anilines is 1. The van der Waals surface area contributed by atoms with E-state index in [0.717, 1.165) is 0 Å². The molecule has 90 valence electrons. The SMILES string of the molecule is CCn1nccc1NC(=O)c1cnn(C)c1Cl. The van der Waals surface area contributed by atoms with Gasteiger partial charge in [-0.3, -0.25) is 9.48 Å². The number of carbonyl (C=O) groups excluding carboxylic acids is 1. The van der Waals surface area contributed by atoms with Crippen molar-refractivity contribution < 1.29 is 4.79 Å². The van der Waals surface area contributed by atoms with E-state index in [9.17, 15) is 4.79 Å². The van der Waals surface area contributed by atoms with Gasteiger partial charge in [0.05, 0.1) is 18.0 Å². The molecular formula is C10H12ClN5O. The monoisotopic (exact) mass is 253 g/mol. The molecule has 2 aromatic rings. The summed E-state index contributed by atoms with van der Waals surface area (Å²) in [5, 5.41) is 11.0. The van der Waals surface area contributed by atoms with Crippen LogP contribution in [-0.2, 0) is 13.6 Å². The summed E-state index contributed by atoms with van der Waals surface area (Å²) in [6.07, 6.45) is 3.06. The zero-order valence-electron chi connectivity index (χ0n) is 9.51. The molecule has 17 heavy (non-hydrogen) atoms. The number of nitrogens with zero attached hydrogens (tertiary/aromatic N) is 4. The molecule has 0 saturated heterocycles. The van der Waals surface area contributed by atoms with E-state index < -0.39 is 0 Å². The van der Waals surface area contributed by atoms with E-state index in [1.165, 1.54) is 10.9 Å². The lowest BCUT2D eigenvalue weighted by molar-refractivity contribution is 0.102. The van der Waals surface area contributed by atoms with Crippen molar-refractivity contribution in [2.75, 3.05) is 5.32 Å². The second-order valence-corrected chi connectivity index (χ2v) is 3.82. The van der Waals surface area contributed by atoms with E-state index in [-0.39, 0.29) is 5.91 Å². The Morgan fingerprint density at radius 3 is 2.88 bits per heavy atom. The van der Waals surface area contributed by atoms with Crippen molar-refractivity contribution in [1.82, 2.24) is 19.6 Å². The molecule has 1 amide bonds. The number of aromatic nitrogens is 4. The zero-order chi connectivity index (χ0) is 12.4. The van der Waals surface area contributed by atoms with Gasteiger partial charge in [-0.2, -0.15) is 10.2 Å². The first kappa shape index (κ1) is 11.7. The Kier molecular flexibility index (Phi) is 3.14. The van der Waals surface area contributed by atoms with E-state index in [2.05, 4.69) is 15.5 Å². The van der Waals surface area contributed by atoms with Crippen LogP contribution in [-0.4, -0.2) is 25.5 Å². The normalized spacial score (nSPS) is 10.5. The summed E-state index contributed by atoms with van der Waals surface area (Å²) in [4.78, 5) is 11.9. The number of carbonyl (C=O) groups is 1. The molecule has 0 atom stereocenters. The number of amides is 1. The van der Waals surface area contributed by atoms with Crippen LogP contribution in [0.3, 0.4) is 0 Å². The first-order valence-electron chi connectivity index (χ1n) is 5.14. The maximum Gasteiger partial charge on any atom is 0.261 e. The lowest BCUT2D eigenvalue weighted by Crippen LogP contribution is -2.15. The summed E-state index contributed by atoms with van der Waals surface area (Å²) in [7, 11) is 1.68. The topological polar surface area (TPSA) is 64.7 Å². The predicted octanol–water partition coefficient (Wildman–Crippen LogP) is 1.54. The molecule has 0 aliphatic carbocycles. The molecule has 0 fully saturated rings. The van der Waals surface area contributed by atoms with Crippen LogP contribution in [0.25, 0.3) is 0 Å². The summed E-state index contributed by atoms with van der Waals surface area (Å²) in [5.41, 5.74) is 0.345. The third-order valence-electron chi connectivity index (χ3n) is 2.37. The van der Waals surface area contributed by atoms with Gasteiger partial charge in [0.25, 0.3) is 5.91 Å². The van der Waals surface area contributed by atoms with Crippen LogP contribution in [0.4, 0.5) is 5.82 Å². The van der Waals surface area contributed by atoms with Crippen molar-refractivity contribution in [1.29, 1.82) is 0 Å². The standard InChI is InChI=1S/C10H12ClN5O/c1-3-16-8(4-5-12-16)14-10(17)7-6-13-15(2)9(7)11/h4-6H,3H2,1-2H3,(H,14,17). The average molecular weight is 254 g/mol. The molecule has 0 spiro atoms. The van der Waals surface area contributed by atoms with Crippen LogP contribution in [0.5, 0.6) is 0 Å². The second kappa shape index (κ2) is 4.58. The number of rotatable bonds is 3. The third-order valence-corrected chi connectivity index (χ3v) is 2.82. The van der Waals surface area contributed by atoms with Crippen molar-refractivity contribution in [3.8, 4) is 0 Å². The van der Waals surface area contributed by atoms with Crippen LogP contribution in [0.2, 0.25) is 5.15 Å². The highest BCUT2D eigenvalue weighted by Gasteiger charge is 2.15. The van der Waals surface area contributed by atoms with Gasteiger partial charge < -0.3 is 5.32 Å². The molecule has 2 rings (SSSR count). The quantitative estimate of drug-likeness (QED) is 0.903. The van der Waals surface area contributed by atoms with E-state index >= 15 is 0 Å². The number of hydrogen-bond donors (Lipinski definition) is 1. The average Bonchev–Trinajstić information content (AvgIpc) is 2.87. The van der Waals surface area contributed by atoms with Gasteiger partial charge in [0.15, 0.2) is 0 Å². The van der Waals surface area contributed by atoms with Gasteiger partial charge in [-0.25, -0.2) is 4.68 Å². The maximum absolute atomic E-state index is 11.9. The number of aryl methyl sites for hydroxylation is 2. The Labute approximate surface area is 103 Å². The molecule has 6 nitrogen and oxygen atoms in total. The lowest BCUT2D eigenvalue weighted by atomic mass is 10.3. The van der Waals surface area contributed by atoms with Gasteiger partial charge >= 0.3 is 0 Å². The smallest absolute Gasteiger partial charge is 0.261 e. The van der Waals surface area contributed by atoms with Crippen LogP contribution >= 0.6 is 11.6 Å².